The molecular weight excluding hydrogens is 292 g/mol. The minimum absolute atomic E-state index is 0.0736. The third-order valence-electron chi connectivity index (χ3n) is 4.83. The molecule has 1 aromatic rings. The molecular formula is C18H22N2O3. The van der Waals surface area contributed by atoms with Crippen LogP contribution in [0.5, 0.6) is 0 Å². The molecule has 122 valence electrons. The fraction of sp³-hybridized carbons (Fsp3) is 0.500. The summed E-state index contributed by atoms with van der Waals surface area (Å²) in [6.07, 6.45) is 3.83. The molecule has 1 aromatic carbocycles. The van der Waals surface area contributed by atoms with Crippen LogP contribution in [0.15, 0.2) is 30.3 Å². The average Bonchev–Trinajstić information content (AvgIpc) is 2.83. The fourth-order valence-electron chi connectivity index (χ4n) is 3.55. The summed E-state index contributed by atoms with van der Waals surface area (Å²) < 4.78 is 0. The first-order chi connectivity index (χ1) is 11.2. The summed E-state index contributed by atoms with van der Waals surface area (Å²) in [6.45, 7) is 0.665. The highest BCUT2D eigenvalue weighted by Crippen LogP contribution is 2.37. The lowest BCUT2D eigenvalue weighted by atomic mass is 9.81. The lowest BCUT2D eigenvalue weighted by Crippen LogP contribution is -2.35. The van der Waals surface area contributed by atoms with Gasteiger partial charge in [0.05, 0.1) is 11.8 Å². The van der Waals surface area contributed by atoms with Crippen LogP contribution in [0.25, 0.3) is 0 Å². The highest BCUT2D eigenvalue weighted by molar-refractivity contribution is 6.05. The Kier molecular flexibility index (Phi) is 4.74. The topological polar surface area (TPSA) is 66.5 Å². The summed E-state index contributed by atoms with van der Waals surface area (Å²) in [5.41, 5.74) is 1.03. The first kappa shape index (κ1) is 15.7. The molecule has 3 amide bonds. The number of imide groups is 1. The summed E-state index contributed by atoms with van der Waals surface area (Å²) in [5, 5.41) is 2.83. The van der Waals surface area contributed by atoms with Crippen molar-refractivity contribution < 1.29 is 14.4 Å². The molecule has 5 heteroatoms. The van der Waals surface area contributed by atoms with E-state index in [0.29, 0.717) is 6.54 Å². The van der Waals surface area contributed by atoms with Crippen molar-refractivity contribution in [1.29, 1.82) is 0 Å². The maximum Gasteiger partial charge on any atom is 0.233 e. The van der Waals surface area contributed by atoms with E-state index < -0.39 is 0 Å². The van der Waals surface area contributed by atoms with E-state index >= 15 is 0 Å². The molecule has 1 saturated carbocycles. The Morgan fingerprint density at radius 3 is 2.26 bits per heavy atom. The quantitative estimate of drug-likeness (QED) is 0.844. The van der Waals surface area contributed by atoms with E-state index in [9.17, 15) is 14.4 Å². The summed E-state index contributed by atoms with van der Waals surface area (Å²) in [7, 11) is 0. The highest BCUT2D eigenvalue weighted by atomic mass is 16.2. The molecule has 0 spiro atoms. The molecule has 2 atom stereocenters. The monoisotopic (exact) mass is 314 g/mol. The minimum Gasteiger partial charge on any atom is -0.352 e. The van der Waals surface area contributed by atoms with E-state index in [2.05, 4.69) is 5.32 Å². The van der Waals surface area contributed by atoms with Gasteiger partial charge in [-0.05, 0) is 18.4 Å². The van der Waals surface area contributed by atoms with Crippen LogP contribution in [0.4, 0.5) is 0 Å². The standard InChI is InChI=1S/C18H22N2O3/c21-16(19-12-13-6-2-1-3-7-13)10-11-20-17(22)14-8-4-5-9-15(14)18(20)23/h1-3,6-7,14-15H,4-5,8-12H2,(H,19,21)/t14-,15-/m1/s1. The summed E-state index contributed by atoms with van der Waals surface area (Å²) >= 11 is 0. The maximum absolute atomic E-state index is 12.3. The van der Waals surface area contributed by atoms with Gasteiger partial charge in [-0.3, -0.25) is 19.3 Å². The highest BCUT2D eigenvalue weighted by Gasteiger charge is 2.47. The van der Waals surface area contributed by atoms with E-state index in [-0.39, 0.29) is 42.5 Å². The largest absolute Gasteiger partial charge is 0.352 e. The van der Waals surface area contributed by atoms with E-state index in [1.807, 2.05) is 30.3 Å². The minimum atomic E-state index is -0.136. The SMILES string of the molecule is O=C(CCN1C(=O)[C@@H]2CCCC[C@H]2C1=O)NCc1ccccc1. The normalized spacial score (nSPS) is 23.7. The van der Waals surface area contributed by atoms with Crippen LogP contribution in [0.1, 0.15) is 37.7 Å². The Labute approximate surface area is 136 Å². The van der Waals surface area contributed by atoms with Gasteiger partial charge in [-0.2, -0.15) is 0 Å². The molecule has 1 heterocycles. The van der Waals surface area contributed by atoms with Gasteiger partial charge in [0.1, 0.15) is 0 Å². The van der Waals surface area contributed by atoms with Crippen molar-refractivity contribution in [1.82, 2.24) is 10.2 Å². The number of amides is 3. The molecule has 0 unspecified atom stereocenters. The fourth-order valence-corrected chi connectivity index (χ4v) is 3.55. The van der Waals surface area contributed by atoms with E-state index in [1.165, 1.54) is 4.90 Å². The molecule has 2 fully saturated rings. The van der Waals surface area contributed by atoms with E-state index in [0.717, 1.165) is 31.2 Å². The number of rotatable bonds is 5. The molecule has 3 rings (SSSR count). The van der Waals surface area contributed by atoms with Gasteiger partial charge in [-0.1, -0.05) is 43.2 Å². The number of likely N-dealkylation sites (tertiary alicyclic amines) is 1. The third-order valence-corrected chi connectivity index (χ3v) is 4.83. The smallest absolute Gasteiger partial charge is 0.233 e. The second-order valence-corrected chi connectivity index (χ2v) is 6.34. The van der Waals surface area contributed by atoms with Gasteiger partial charge in [0.15, 0.2) is 0 Å². The summed E-state index contributed by atoms with van der Waals surface area (Å²) in [6, 6.07) is 9.65. The lowest BCUT2D eigenvalue weighted by molar-refractivity contribution is -0.140. The van der Waals surface area contributed by atoms with Crippen LogP contribution in [0.2, 0.25) is 0 Å². The maximum atomic E-state index is 12.3. The first-order valence-corrected chi connectivity index (χ1v) is 8.32. The predicted molar refractivity (Wildman–Crippen MR) is 85.1 cm³/mol. The molecule has 1 aliphatic carbocycles. The Bertz CT molecular complexity index is 576. The zero-order valence-electron chi connectivity index (χ0n) is 13.2. The Balaban J connectivity index is 1.49. The molecule has 0 radical (unpaired) electrons. The van der Waals surface area contributed by atoms with Crippen LogP contribution >= 0.6 is 0 Å². The number of hydrogen-bond acceptors (Lipinski definition) is 3. The zero-order valence-corrected chi connectivity index (χ0v) is 13.2. The second kappa shape index (κ2) is 6.94. The first-order valence-electron chi connectivity index (χ1n) is 8.32. The van der Waals surface area contributed by atoms with Crippen LogP contribution in [-0.2, 0) is 20.9 Å². The average molecular weight is 314 g/mol. The summed E-state index contributed by atoms with van der Waals surface area (Å²) in [5.74, 6) is -0.553. The van der Waals surface area contributed by atoms with Crippen molar-refractivity contribution in [2.24, 2.45) is 11.8 Å². The molecule has 1 saturated heterocycles. The molecule has 1 aliphatic heterocycles. The van der Waals surface area contributed by atoms with Crippen LogP contribution in [-0.4, -0.2) is 29.2 Å². The van der Waals surface area contributed by atoms with Gasteiger partial charge in [0.2, 0.25) is 17.7 Å². The van der Waals surface area contributed by atoms with Gasteiger partial charge in [0.25, 0.3) is 0 Å². The molecule has 2 aliphatic rings. The molecule has 5 nitrogen and oxygen atoms in total. The van der Waals surface area contributed by atoms with E-state index in [1.54, 1.807) is 0 Å². The van der Waals surface area contributed by atoms with E-state index in [4.69, 9.17) is 0 Å². The molecule has 0 aromatic heterocycles. The molecule has 23 heavy (non-hydrogen) atoms. The van der Waals surface area contributed by atoms with Crippen molar-refractivity contribution in [3.8, 4) is 0 Å². The predicted octanol–water partition coefficient (Wildman–Crippen LogP) is 1.87. The number of fused-ring (bicyclic) bond motifs is 1. The third kappa shape index (κ3) is 3.44. The van der Waals surface area contributed by atoms with Crippen LogP contribution < -0.4 is 5.32 Å². The van der Waals surface area contributed by atoms with Crippen molar-refractivity contribution in [3.63, 3.8) is 0 Å². The van der Waals surface area contributed by atoms with Gasteiger partial charge in [0, 0.05) is 19.5 Å². The molecule has 1 N–H and O–H groups in total. The Morgan fingerprint density at radius 1 is 1.04 bits per heavy atom. The van der Waals surface area contributed by atoms with Gasteiger partial charge in [-0.15, -0.1) is 0 Å². The number of carbonyl (C=O) groups excluding carboxylic acids is 3. The van der Waals surface area contributed by atoms with Crippen LogP contribution in [0.3, 0.4) is 0 Å². The number of benzene rings is 1. The lowest BCUT2D eigenvalue weighted by Gasteiger charge is -2.19. The number of hydrogen-bond donors (Lipinski definition) is 1. The number of carbonyl (C=O) groups is 3. The molecule has 0 bridgehead atoms. The van der Waals surface area contributed by atoms with Gasteiger partial charge < -0.3 is 5.32 Å². The Morgan fingerprint density at radius 2 is 1.65 bits per heavy atom. The van der Waals surface area contributed by atoms with Crippen molar-refractivity contribution >= 4 is 17.7 Å². The van der Waals surface area contributed by atoms with Gasteiger partial charge in [-0.25, -0.2) is 0 Å². The van der Waals surface area contributed by atoms with Crippen LogP contribution in [0, 0.1) is 11.8 Å². The number of nitrogens with one attached hydrogen (secondary N) is 1. The number of nitrogens with zero attached hydrogens (tertiary/aromatic N) is 1. The van der Waals surface area contributed by atoms with Crippen molar-refractivity contribution in [2.45, 2.75) is 38.6 Å². The van der Waals surface area contributed by atoms with Crippen molar-refractivity contribution in [2.75, 3.05) is 6.54 Å². The van der Waals surface area contributed by atoms with Gasteiger partial charge >= 0.3 is 0 Å². The zero-order chi connectivity index (χ0) is 16.2. The van der Waals surface area contributed by atoms with Crippen molar-refractivity contribution in [3.05, 3.63) is 35.9 Å². The Hall–Kier alpha value is -2.17. The second-order valence-electron chi connectivity index (χ2n) is 6.34. The summed E-state index contributed by atoms with van der Waals surface area (Å²) in [4.78, 5) is 37.9.